The van der Waals surface area contributed by atoms with E-state index in [2.05, 4.69) is 5.32 Å². The Bertz CT molecular complexity index is 286. The number of benzene rings is 1. The van der Waals surface area contributed by atoms with Crippen LogP contribution >= 0.6 is 0 Å². The third-order valence-corrected chi connectivity index (χ3v) is 1.97. The molecule has 0 atom stereocenters. The fourth-order valence-electron chi connectivity index (χ4n) is 1.21. The standard InChI is InChI=1S/C11H16N2O/c12-9-10-4-3-5-11(8-10)13-6-1-2-7-14/h3-5,8-9,12-14H,1-2,6-7H2. The lowest BCUT2D eigenvalue weighted by atomic mass is 10.2. The van der Waals surface area contributed by atoms with Crippen LogP contribution in [0.4, 0.5) is 5.69 Å². The molecule has 1 aromatic rings. The third kappa shape index (κ3) is 3.58. The van der Waals surface area contributed by atoms with E-state index in [0.29, 0.717) is 0 Å². The molecule has 0 spiro atoms. The van der Waals surface area contributed by atoms with Crippen LogP contribution in [0.2, 0.25) is 0 Å². The van der Waals surface area contributed by atoms with Crippen molar-refractivity contribution >= 4 is 11.9 Å². The zero-order chi connectivity index (χ0) is 10.2. The van der Waals surface area contributed by atoms with Crippen LogP contribution in [-0.4, -0.2) is 24.5 Å². The molecule has 1 aromatic carbocycles. The van der Waals surface area contributed by atoms with Crippen molar-refractivity contribution in [1.29, 1.82) is 5.41 Å². The van der Waals surface area contributed by atoms with Gasteiger partial charge in [-0.05, 0) is 30.5 Å². The van der Waals surface area contributed by atoms with E-state index in [-0.39, 0.29) is 6.61 Å². The predicted molar refractivity (Wildman–Crippen MR) is 59.1 cm³/mol. The Labute approximate surface area is 84.3 Å². The van der Waals surface area contributed by atoms with Crippen molar-refractivity contribution in [2.45, 2.75) is 12.8 Å². The summed E-state index contributed by atoms with van der Waals surface area (Å²) in [6, 6.07) is 7.73. The zero-order valence-corrected chi connectivity index (χ0v) is 8.16. The second-order valence-corrected chi connectivity index (χ2v) is 3.13. The van der Waals surface area contributed by atoms with Crippen LogP contribution < -0.4 is 5.32 Å². The highest BCUT2D eigenvalue weighted by atomic mass is 16.2. The number of hydrogen-bond acceptors (Lipinski definition) is 3. The Kier molecular flexibility index (Phi) is 4.72. The molecule has 3 heteroatoms. The molecule has 0 fully saturated rings. The molecule has 0 bridgehead atoms. The average Bonchev–Trinajstić information content (AvgIpc) is 2.25. The topological polar surface area (TPSA) is 56.1 Å². The minimum Gasteiger partial charge on any atom is -0.396 e. The van der Waals surface area contributed by atoms with Crippen molar-refractivity contribution in [1.82, 2.24) is 0 Å². The molecule has 3 nitrogen and oxygen atoms in total. The number of unbranched alkanes of at least 4 members (excludes halogenated alkanes) is 1. The summed E-state index contributed by atoms with van der Waals surface area (Å²) in [4.78, 5) is 0. The summed E-state index contributed by atoms with van der Waals surface area (Å²) in [5.74, 6) is 0. The Morgan fingerprint density at radius 2 is 2.21 bits per heavy atom. The molecule has 3 N–H and O–H groups in total. The van der Waals surface area contributed by atoms with E-state index >= 15 is 0 Å². The molecule has 0 aliphatic rings. The van der Waals surface area contributed by atoms with E-state index in [1.54, 1.807) is 0 Å². The largest absolute Gasteiger partial charge is 0.396 e. The molecule has 0 unspecified atom stereocenters. The first-order chi connectivity index (χ1) is 6.86. The van der Waals surface area contributed by atoms with Gasteiger partial charge in [0.15, 0.2) is 0 Å². The predicted octanol–water partition coefficient (Wildman–Crippen LogP) is 1.87. The van der Waals surface area contributed by atoms with Crippen molar-refractivity contribution in [2.75, 3.05) is 18.5 Å². The van der Waals surface area contributed by atoms with E-state index in [9.17, 15) is 0 Å². The van der Waals surface area contributed by atoms with Gasteiger partial charge >= 0.3 is 0 Å². The first-order valence-electron chi connectivity index (χ1n) is 4.82. The maximum Gasteiger partial charge on any atom is 0.0431 e. The molecule has 0 aromatic heterocycles. The second-order valence-electron chi connectivity index (χ2n) is 3.13. The van der Waals surface area contributed by atoms with E-state index < -0.39 is 0 Å². The summed E-state index contributed by atoms with van der Waals surface area (Å²) in [7, 11) is 0. The first kappa shape index (κ1) is 10.7. The summed E-state index contributed by atoms with van der Waals surface area (Å²) >= 11 is 0. The Balaban J connectivity index is 2.38. The van der Waals surface area contributed by atoms with Gasteiger partial charge in [-0.15, -0.1) is 0 Å². The first-order valence-corrected chi connectivity index (χ1v) is 4.82. The SMILES string of the molecule is N=Cc1cccc(NCCCCO)c1. The monoisotopic (exact) mass is 192 g/mol. The maximum atomic E-state index is 8.59. The summed E-state index contributed by atoms with van der Waals surface area (Å²) in [6.45, 7) is 1.12. The van der Waals surface area contributed by atoms with E-state index in [4.69, 9.17) is 10.5 Å². The van der Waals surface area contributed by atoms with Gasteiger partial charge in [-0.3, -0.25) is 0 Å². The highest BCUT2D eigenvalue weighted by Crippen LogP contribution is 2.08. The van der Waals surface area contributed by atoms with Gasteiger partial charge in [0.25, 0.3) is 0 Å². The number of hydrogen-bond donors (Lipinski definition) is 3. The van der Waals surface area contributed by atoms with Crippen molar-refractivity contribution in [3.05, 3.63) is 29.8 Å². The van der Waals surface area contributed by atoms with Gasteiger partial charge in [-0.25, -0.2) is 0 Å². The molecule has 0 amide bonds. The van der Waals surface area contributed by atoms with Crippen LogP contribution in [0.1, 0.15) is 18.4 Å². The zero-order valence-electron chi connectivity index (χ0n) is 8.16. The normalized spacial score (nSPS) is 9.79. The van der Waals surface area contributed by atoms with Gasteiger partial charge in [-0.2, -0.15) is 0 Å². The Morgan fingerprint density at radius 1 is 1.36 bits per heavy atom. The molecule has 14 heavy (non-hydrogen) atoms. The number of nitrogens with one attached hydrogen (secondary N) is 2. The number of aliphatic hydroxyl groups excluding tert-OH is 1. The van der Waals surface area contributed by atoms with Gasteiger partial charge < -0.3 is 15.8 Å². The lowest BCUT2D eigenvalue weighted by Crippen LogP contribution is -2.02. The average molecular weight is 192 g/mol. The van der Waals surface area contributed by atoms with E-state index in [1.807, 2.05) is 24.3 Å². The lowest BCUT2D eigenvalue weighted by Gasteiger charge is -2.05. The number of anilines is 1. The second kappa shape index (κ2) is 6.16. The molecule has 0 radical (unpaired) electrons. The number of aliphatic hydroxyl groups is 1. The van der Waals surface area contributed by atoms with Crippen molar-refractivity contribution in [3.63, 3.8) is 0 Å². The van der Waals surface area contributed by atoms with Crippen LogP contribution in [-0.2, 0) is 0 Å². The Morgan fingerprint density at radius 3 is 2.93 bits per heavy atom. The van der Waals surface area contributed by atoms with Gasteiger partial charge in [0, 0.05) is 25.1 Å². The van der Waals surface area contributed by atoms with Crippen LogP contribution in [0.5, 0.6) is 0 Å². The van der Waals surface area contributed by atoms with Gasteiger partial charge in [-0.1, -0.05) is 12.1 Å². The van der Waals surface area contributed by atoms with Crippen LogP contribution in [0.25, 0.3) is 0 Å². The highest BCUT2D eigenvalue weighted by Gasteiger charge is 1.92. The van der Waals surface area contributed by atoms with Crippen molar-refractivity contribution in [2.24, 2.45) is 0 Å². The molecule has 0 aliphatic heterocycles. The van der Waals surface area contributed by atoms with Crippen LogP contribution in [0, 0.1) is 5.41 Å². The van der Waals surface area contributed by atoms with Gasteiger partial charge in [0.1, 0.15) is 0 Å². The Hall–Kier alpha value is -1.35. The van der Waals surface area contributed by atoms with Crippen LogP contribution in [0.15, 0.2) is 24.3 Å². The highest BCUT2D eigenvalue weighted by molar-refractivity contribution is 5.78. The molecule has 1 rings (SSSR count). The summed E-state index contributed by atoms with van der Waals surface area (Å²) < 4.78 is 0. The van der Waals surface area contributed by atoms with E-state index in [1.165, 1.54) is 6.21 Å². The molecular formula is C11H16N2O. The molecular weight excluding hydrogens is 176 g/mol. The summed E-state index contributed by atoms with van der Waals surface area (Å²) in [5.41, 5.74) is 1.93. The minimum absolute atomic E-state index is 0.252. The maximum absolute atomic E-state index is 8.59. The molecule has 0 saturated carbocycles. The van der Waals surface area contributed by atoms with Gasteiger partial charge in [0.2, 0.25) is 0 Å². The van der Waals surface area contributed by atoms with Crippen molar-refractivity contribution in [3.8, 4) is 0 Å². The number of rotatable bonds is 6. The molecule has 76 valence electrons. The van der Waals surface area contributed by atoms with Crippen LogP contribution in [0.3, 0.4) is 0 Å². The third-order valence-electron chi connectivity index (χ3n) is 1.97. The lowest BCUT2D eigenvalue weighted by molar-refractivity contribution is 0.286. The molecule has 0 aliphatic carbocycles. The van der Waals surface area contributed by atoms with Gasteiger partial charge in [0.05, 0.1) is 0 Å². The fourth-order valence-corrected chi connectivity index (χ4v) is 1.21. The van der Waals surface area contributed by atoms with E-state index in [0.717, 1.165) is 30.6 Å². The van der Waals surface area contributed by atoms with Crippen molar-refractivity contribution < 1.29 is 5.11 Å². The summed E-state index contributed by atoms with van der Waals surface area (Å²) in [6.07, 6.45) is 3.13. The minimum atomic E-state index is 0.252. The fraction of sp³-hybridized carbons (Fsp3) is 0.364. The molecule has 0 heterocycles. The quantitative estimate of drug-likeness (QED) is 0.476. The molecule has 0 saturated heterocycles. The smallest absolute Gasteiger partial charge is 0.0431 e. The summed E-state index contributed by atoms with van der Waals surface area (Å²) in [5, 5.41) is 18.9.